The average Bonchev–Trinajstić information content (AvgIpc) is 3.06. The highest BCUT2D eigenvalue weighted by atomic mass is 31.2. The predicted octanol–water partition coefficient (Wildman–Crippen LogP) is 10.3. The molecule has 3 atom stereocenters. The van der Waals surface area contributed by atoms with E-state index < -0.39 is 20.0 Å². The van der Waals surface area contributed by atoms with Gasteiger partial charge >= 0.3 is 0 Å². The van der Waals surface area contributed by atoms with Gasteiger partial charge in [0, 0.05) is 6.42 Å². The Kier molecular flexibility index (Phi) is 33.1. The van der Waals surface area contributed by atoms with Crippen LogP contribution in [0, 0.1) is 0 Å². The fourth-order valence-corrected chi connectivity index (χ4v) is 6.56. The maximum absolute atomic E-state index is 12.8. The number of aliphatic hydroxyl groups is 1. The van der Waals surface area contributed by atoms with Crippen molar-refractivity contribution >= 4 is 13.7 Å². The first-order valence-corrected chi connectivity index (χ1v) is 22.1. The molecule has 2 N–H and O–H groups in total. The lowest BCUT2D eigenvalue weighted by Gasteiger charge is -2.30. The molecule has 1 amide bonds. The Morgan fingerprint density at radius 1 is 0.700 bits per heavy atom. The van der Waals surface area contributed by atoms with Crippen LogP contribution in [0.15, 0.2) is 24.3 Å². The van der Waals surface area contributed by atoms with Gasteiger partial charge in [-0.1, -0.05) is 154 Å². The van der Waals surface area contributed by atoms with Crippen LogP contribution in [0.5, 0.6) is 0 Å². The van der Waals surface area contributed by atoms with Gasteiger partial charge in [0.15, 0.2) is 0 Å². The highest BCUT2D eigenvalue weighted by Gasteiger charge is 2.24. The summed E-state index contributed by atoms with van der Waals surface area (Å²) in [4.78, 5) is 25.2. The maximum atomic E-state index is 12.8. The summed E-state index contributed by atoms with van der Waals surface area (Å²) in [5.74, 6) is -0.173. The van der Waals surface area contributed by atoms with Crippen LogP contribution in [0.4, 0.5) is 0 Å². The summed E-state index contributed by atoms with van der Waals surface area (Å²) >= 11 is 0. The number of rotatable bonds is 37. The molecule has 0 heterocycles. The minimum atomic E-state index is -4.55. The molecular formula is C41H81N2O6P. The van der Waals surface area contributed by atoms with Gasteiger partial charge in [-0.2, -0.15) is 0 Å². The normalized spacial score (nSPS) is 14.8. The molecule has 0 bridgehead atoms. The highest BCUT2D eigenvalue weighted by molar-refractivity contribution is 7.45. The van der Waals surface area contributed by atoms with Gasteiger partial charge in [0.1, 0.15) is 13.2 Å². The van der Waals surface area contributed by atoms with Gasteiger partial charge in [0.25, 0.3) is 7.82 Å². The summed E-state index contributed by atoms with van der Waals surface area (Å²) in [5.41, 5.74) is 0. The van der Waals surface area contributed by atoms with Crippen LogP contribution in [-0.4, -0.2) is 68.5 Å². The SMILES string of the molecule is CCCCC/C=C\C/C=C\CCCCCCCCCCCC(=O)NC(COP(=O)([O-])OCC[N+](C)(C)C)C(O)CCCCCCCCCCC. The second kappa shape index (κ2) is 33.8. The third-order valence-electron chi connectivity index (χ3n) is 9.19. The second-order valence-corrected chi connectivity index (χ2v) is 16.8. The first-order chi connectivity index (χ1) is 24.0. The number of phosphoric acid groups is 1. The number of carbonyl (C=O) groups excluding carboxylic acids is 1. The molecule has 3 unspecified atom stereocenters. The Bertz CT molecular complexity index is 876. The number of hydrogen-bond donors (Lipinski definition) is 2. The molecule has 50 heavy (non-hydrogen) atoms. The second-order valence-electron chi connectivity index (χ2n) is 15.3. The molecule has 0 aromatic rings. The van der Waals surface area contributed by atoms with Gasteiger partial charge < -0.3 is 28.8 Å². The van der Waals surface area contributed by atoms with Crippen molar-refractivity contribution in [3.05, 3.63) is 24.3 Å². The van der Waals surface area contributed by atoms with E-state index in [4.69, 9.17) is 9.05 Å². The molecular weight excluding hydrogens is 647 g/mol. The minimum absolute atomic E-state index is 0.0114. The lowest BCUT2D eigenvalue weighted by atomic mass is 10.0. The molecule has 0 saturated heterocycles. The van der Waals surface area contributed by atoms with E-state index in [1.807, 2.05) is 21.1 Å². The van der Waals surface area contributed by atoms with E-state index in [2.05, 4.69) is 43.5 Å². The molecule has 0 aliphatic carbocycles. The monoisotopic (exact) mass is 729 g/mol. The zero-order chi connectivity index (χ0) is 37.2. The topological polar surface area (TPSA) is 108 Å². The zero-order valence-electron chi connectivity index (χ0n) is 33.4. The molecule has 0 radical (unpaired) electrons. The molecule has 0 aliphatic heterocycles. The standard InChI is InChI=1S/C41H81N2O6P/c1-6-8-10-12-14-16-17-18-19-20-21-22-23-24-25-27-29-31-33-35-41(45)42-39(38-49-50(46,47)48-37-36-43(3,4)5)40(44)34-32-30-28-26-15-13-11-9-7-2/h14,16,18-19,39-40,44H,6-13,15,17,20-38H2,1-5H3,(H-,42,45,46,47)/b16-14-,19-18-. The van der Waals surface area contributed by atoms with Crippen molar-refractivity contribution in [3.8, 4) is 0 Å². The largest absolute Gasteiger partial charge is 0.756 e. The van der Waals surface area contributed by atoms with E-state index in [-0.39, 0.29) is 19.1 Å². The quantitative estimate of drug-likeness (QED) is 0.0285. The third kappa shape index (κ3) is 35.4. The molecule has 0 fully saturated rings. The van der Waals surface area contributed by atoms with E-state index in [9.17, 15) is 19.4 Å². The molecule has 0 aromatic carbocycles. The van der Waals surface area contributed by atoms with Crippen LogP contribution in [0.2, 0.25) is 0 Å². The lowest BCUT2D eigenvalue weighted by Crippen LogP contribution is -2.46. The van der Waals surface area contributed by atoms with Crippen LogP contribution < -0.4 is 10.2 Å². The number of nitrogens with zero attached hydrogens (tertiary/aromatic N) is 1. The summed E-state index contributed by atoms with van der Waals surface area (Å²) in [5, 5.41) is 13.8. The smallest absolute Gasteiger partial charge is 0.268 e. The van der Waals surface area contributed by atoms with Crippen LogP contribution in [-0.2, 0) is 18.4 Å². The van der Waals surface area contributed by atoms with Crippen molar-refractivity contribution < 1.29 is 32.9 Å². The average molecular weight is 729 g/mol. The Hall–Kier alpha value is -1.02. The van der Waals surface area contributed by atoms with Gasteiger partial charge in [-0.25, -0.2) is 0 Å². The van der Waals surface area contributed by atoms with E-state index >= 15 is 0 Å². The number of phosphoric ester groups is 1. The van der Waals surface area contributed by atoms with Gasteiger partial charge in [-0.05, 0) is 44.9 Å². The van der Waals surface area contributed by atoms with E-state index in [1.54, 1.807) is 0 Å². The Balaban J connectivity index is 4.31. The molecule has 0 spiro atoms. The zero-order valence-corrected chi connectivity index (χ0v) is 34.2. The molecule has 0 aliphatic rings. The van der Waals surface area contributed by atoms with Crippen molar-refractivity contribution in [2.75, 3.05) is 40.9 Å². The molecule has 296 valence electrons. The van der Waals surface area contributed by atoms with Gasteiger partial charge in [-0.3, -0.25) is 9.36 Å². The number of quaternary nitrogens is 1. The minimum Gasteiger partial charge on any atom is -0.756 e. The number of aliphatic hydroxyl groups excluding tert-OH is 1. The number of allylic oxidation sites excluding steroid dienone is 4. The number of carbonyl (C=O) groups is 1. The highest BCUT2D eigenvalue weighted by Crippen LogP contribution is 2.38. The summed E-state index contributed by atoms with van der Waals surface area (Å²) < 4.78 is 23.1. The van der Waals surface area contributed by atoms with Crippen LogP contribution >= 0.6 is 7.82 Å². The Labute approximate surface area is 309 Å². The number of likely N-dealkylation sites (N-methyl/N-ethyl adjacent to an activating group) is 1. The van der Waals surface area contributed by atoms with E-state index in [1.165, 1.54) is 109 Å². The molecule has 0 aromatic heterocycles. The molecule has 0 rings (SSSR count). The van der Waals surface area contributed by atoms with Crippen molar-refractivity contribution in [2.45, 2.75) is 193 Å². The summed E-state index contributed by atoms with van der Waals surface area (Å²) in [7, 11) is 1.30. The van der Waals surface area contributed by atoms with Crippen LogP contribution in [0.25, 0.3) is 0 Å². The van der Waals surface area contributed by atoms with E-state index in [0.29, 0.717) is 23.9 Å². The third-order valence-corrected chi connectivity index (χ3v) is 10.2. The summed E-state index contributed by atoms with van der Waals surface area (Å²) in [6.07, 6.45) is 37.5. The van der Waals surface area contributed by atoms with Gasteiger partial charge in [0.05, 0.1) is 39.9 Å². The van der Waals surface area contributed by atoms with Crippen molar-refractivity contribution in [1.82, 2.24) is 5.32 Å². The first-order valence-electron chi connectivity index (χ1n) is 20.7. The summed E-state index contributed by atoms with van der Waals surface area (Å²) in [6.45, 7) is 4.65. The number of amides is 1. The van der Waals surface area contributed by atoms with Gasteiger partial charge in [-0.15, -0.1) is 0 Å². The Morgan fingerprint density at radius 2 is 1.16 bits per heavy atom. The lowest BCUT2D eigenvalue weighted by molar-refractivity contribution is -0.870. The van der Waals surface area contributed by atoms with Crippen LogP contribution in [0.1, 0.15) is 181 Å². The van der Waals surface area contributed by atoms with Crippen LogP contribution in [0.3, 0.4) is 0 Å². The Morgan fingerprint density at radius 3 is 1.70 bits per heavy atom. The van der Waals surface area contributed by atoms with Crippen molar-refractivity contribution in [2.24, 2.45) is 0 Å². The fraction of sp³-hybridized carbons (Fsp3) is 0.878. The van der Waals surface area contributed by atoms with E-state index in [0.717, 1.165) is 44.9 Å². The predicted molar refractivity (Wildman–Crippen MR) is 210 cm³/mol. The van der Waals surface area contributed by atoms with Crippen molar-refractivity contribution in [1.29, 1.82) is 0 Å². The maximum Gasteiger partial charge on any atom is 0.268 e. The van der Waals surface area contributed by atoms with Gasteiger partial charge in [0.2, 0.25) is 5.91 Å². The van der Waals surface area contributed by atoms with Crippen molar-refractivity contribution in [3.63, 3.8) is 0 Å². The molecule has 8 nitrogen and oxygen atoms in total. The molecule has 9 heteroatoms. The fourth-order valence-electron chi connectivity index (χ4n) is 5.83. The number of hydrogen-bond acceptors (Lipinski definition) is 6. The number of nitrogens with one attached hydrogen (secondary N) is 1. The summed E-state index contributed by atoms with van der Waals surface area (Å²) in [6, 6.07) is -0.798. The number of unbranched alkanes of at least 4 members (excludes halogenated alkanes) is 20. The first kappa shape index (κ1) is 49.0. The molecule has 0 saturated carbocycles.